The van der Waals surface area contributed by atoms with E-state index in [1.54, 1.807) is 13.8 Å². The van der Waals surface area contributed by atoms with E-state index in [1.807, 2.05) is 0 Å². The van der Waals surface area contributed by atoms with E-state index in [2.05, 4.69) is 0 Å². The van der Waals surface area contributed by atoms with Crippen molar-refractivity contribution in [2.24, 2.45) is 11.8 Å². The molecule has 0 spiro atoms. The van der Waals surface area contributed by atoms with Crippen molar-refractivity contribution in [1.29, 1.82) is 0 Å². The minimum Gasteiger partial charge on any atom is -0.458 e. The molecule has 0 aromatic rings. The SMILES string of the molecule is CC(=O)OC1C(OC(C)=O)[C@@H](C)[C@H](C)C(OC(C)=O)[C@@H]1OC(C)=O. The molecule has 0 aromatic heterocycles. The Hall–Kier alpha value is -2.12. The Morgan fingerprint density at radius 2 is 0.708 bits per heavy atom. The van der Waals surface area contributed by atoms with Crippen molar-refractivity contribution in [3.05, 3.63) is 0 Å². The van der Waals surface area contributed by atoms with Crippen LogP contribution in [0.25, 0.3) is 0 Å². The van der Waals surface area contributed by atoms with Gasteiger partial charge >= 0.3 is 23.9 Å². The Balaban J connectivity index is 3.28. The highest BCUT2D eigenvalue weighted by Crippen LogP contribution is 2.37. The lowest BCUT2D eigenvalue weighted by Gasteiger charge is -2.46. The van der Waals surface area contributed by atoms with Crippen molar-refractivity contribution in [1.82, 2.24) is 0 Å². The van der Waals surface area contributed by atoms with E-state index in [0.717, 1.165) is 0 Å². The molecule has 8 nitrogen and oxygen atoms in total. The number of esters is 4. The lowest BCUT2D eigenvalue weighted by molar-refractivity contribution is -0.227. The van der Waals surface area contributed by atoms with Crippen molar-refractivity contribution in [3.8, 4) is 0 Å². The predicted octanol–water partition coefficient (Wildman–Crippen LogP) is 0.999. The van der Waals surface area contributed by atoms with Crippen LogP contribution in [0.15, 0.2) is 0 Å². The quantitative estimate of drug-likeness (QED) is 0.549. The number of hydrogen-bond acceptors (Lipinski definition) is 8. The van der Waals surface area contributed by atoms with Crippen LogP contribution in [0, 0.1) is 11.8 Å². The lowest BCUT2D eigenvalue weighted by Crippen LogP contribution is -2.61. The molecular formula is C16H24O8. The van der Waals surface area contributed by atoms with Crippen LogP contribution in [0.4, 0.5) is 0 Å². The fraction of sp³-hybridized carbons (Fsp3) is 0.750. The van der Waals surface area contributed by atoms with Crippen LogP contribution < -0.4 is 0 Å². The molecule has 0 amide bonds. The molecule has 0 saturated heterocycles. The van der Waals surface area contributed by atoms with E-state index in [-0.39, 0.29) is 11.8 Å². The van der Waals surface area contributed by atoms with Gasteiger partial charge in [-0.3, -0.25) is 19.2 Å². The zero-order valence-electron chi connectivity index (χ0n) is 14.7. The summed E-state index contributed by atoms with van der Waals surface area (Å²) in [6.07, 6.45) is -3.77. The van der Waals surface area contributed by atoms with Gasteiger partial charge in [-0.25, -0.2) is 0 Å². The van der Waals surface area contributed by atoms with Crippen LogP contribution >= 0.6 is 0 Å². The van der Waals surface area contributed by atoms with Gasteiger partial charge in [0.2, 0.25) is 0 Å². The summed E-state index contributed by atoms with van der Waals surface area (Å²) in [5, 5.41) is 0. The second-order valence-electron chi connectivity index (χ2n) is 6.01. The molecule has 0 aromatic carbocycles. The molecule has 3 unspecified atom stereocenters. The minimum atomic E-state index is -1.06. The summed E-state index contributed by atoms with van der Waals surface area (Å²) >= 11 is 0. The molecule has 0 bridgehead atoms. The van der Waals surface area contributed by atoms with E-state index in [9.17, 15) is 19.2 Å². The average molecular weight is 344 g/mol. The highest BCUT2D eigenvalue weighted by atomic mass is 16.6. The normalized spacial score (nSPS) is 32.4. The van der Waals surface area contributed by atoms with Crippen molar-refractivity contribution in [2.45, 2.75) is 66.0 Å². The number of carbonyl (C=O) groups excluding carboxylic acids is 4. The molecule has 1 fully saturated rings. The van der Waals surface area contributed by atoms with Crippen LogP contribution in [0.5, 0.6) is 0 Å². The molecule has 0 aliphatic heterocycles. The van der Waals surface area contributed by atoms with Crippen LogP contribution in [0.1, 0.15) is 41.5 Å². The van der Waals surface area contributed by atoms with Gasteiger partial charge in [0.15, 0.2) is 12.2 Å². The fourth-order valence-electron chi connectivity index (χ4n) is 2.95. The summed E-state index contributed by atoms with van der Waals surface area (Å²) < 4.78 is 21.1. The molecule has 1 saturated carbocycles. The summed E-state index contributed by atoms with van der Waals surface area (Å²) in [7, 11) is 0. The van der Waals surface area contributed by atoms with E-state index in [1.165, 1.54) is 27.7 Å². The molecule has 6 atom stereocenters. The molecule has 136 valence electrons. The maximum absolute atomic E-state index is 11.5. The first-order chi connectivity index (χ1) is 11.0. The highest BCUT2D eigenvalue weighted by Gasteiger charge is 2.54. The molecule has 0 radical (unpaired) electrons. The van der Waals surface area contributed by atoms with Crippen molar-refractivity contribution in [2.75, 3.05) is 0 Å². The molecule has 1 aliphatic carbocycles. The Kier molecular flexibility index (Phi) is 6.74. The second-order valence-corrected chi connectivity index (χ2v) is 6.01. The summed E-state index contributed by atoms with van der Waals surface area (Å²) in [6.45, 7) is 8.44. The lowest BCUT2D eigenvalue weighted by atomic mass is 9.74. The topological polar surface area (TPSA) is 105 Å². The molecule has 0 heterocycles. The first-order valence-electron chi connectivity index (χ1n) is 7.73. The Bertz CT molecular complexity index is 468. The van der Waals surface area contributed by atoms with E-state index in [0.29, 0.717) is 0 Å². The van der Waals surface area contributed by atoms with Gasteiger partial charge in [0.05, 0.1) is 0 Å². The van der Waals surface area contributed by atoms with Gasteiger partial charge < -0.3 is 18.9 Å². The van der Waals surface area contributed by atoms with Gasteiger partial charge in [0.25, 0.3) is 0 Å². The summed E-state index contributed by atoms with van der Waals surface area (Å²) in [5.41, 5.74) is 0. The molecule has 0 N–H and O–H groups in total. The zero-order chi connectivity index (χ0) is 18.6. The summed E-state index contributed by atoms with van der Waals surface area (Å²) in [5.74, 6) is -2.95. The summed E-state index contributed by atoms with van der Waals surface area (Å²) in [4.78, 5) is 45.8. The van der Waals surface area contributed by atoms with Crippen LogP contribution in [-0.2, 0) is 38.1 Å². The third-order valence-electron chi connectivity index (χ3n) is 4.05. The monoisotopic (exact) mass is 344 g/mol. The average Bonchev–Trinajstić information content (AvgIpc) is 2.42. The van der Waals surface area contributed by atoms with Gasteiger partial charge in [-0.15, -0.1) is 0 Å². The van der Waals surface area contributed by atoms with Gasteiger partial charge in [0, 0.05) is 39.5 Å². The third kappa shape index (κ3) is 4.94. The number of rotatable bonds is 4. The van der Waals surface area contributed by atoms with E-state index in [4.69, 9.17) is 18.9 Å². The molecule has 1 rings (SSSR count). The van der Waals surface area contributed by atoms with Crippen LogP contribution in [0.2, 0.25) is 0 Å². The standard InChI is InChI=1S/C16H24O8/c1-7-8(2)14(22-10(4)18)16(24-12(6)20)15(23-11(5)19)13(7)21-9(3)17/h7-8,13-16H,1-6H3/t7-,8-,13?,14?,15-,16?/m0/s1. The molecule has 1 aliphatic rings. The largest absolute Gasteiger partial charge is 0.458 e. The summed E-state index contributed by atoms with van der Waals surface area (Å²) in [6, 6.07) is 0. The van der Waals surface area contributed by atoms with Crippen LogP contribution in [-0.4, -0.2) is 48.3 Å². The number of carbonyl (C=O) groups is 4. The Morgan fingerprint density at radius 1 is 0.500 bits per heavy atom. The molecule has 24 heavy (non-hydrogen) atoms. The number of hydrogen-bond donors (Lipinski definition) is 0. The van der Waals surface area contributed by atoms with Crippen molar-refractivity contribution < 1.29 is 38.1 Å². The van der Waals surface area contributed by atoms with Crippen molar-refractivity contribution in [3.63, 3.8) is 0 Å². The van der Waals surface area contributed by atoms with Gasteiger partial charge in [-0.05, 0) is 0 Å². The van der Waals surface area contributed by atoms with Crippen LogP contribution in [0.3, 0.4) is 0 Å². The smallest absolute Gasteiger partial charge is 0.303 e. The minimum absolute atomic E-state index is 0.297. The van der Waals surface area contributed by atoms with Crippen molar-refractivity contribution >= 4 is 23.9 Å². The molecular weight excluding hydrogens is 320 g/mol. The zero-order valence-corrected chi connectivity index (χ0v) is 14.7. The fourth-order valence-corrected chi connectivity index (χ4v) is 2.95. The van der Waals surface area contributed by atoms with Gasteiger partial charge in [0.1, 0.15) is 12.2 Å². The third-order valence-corrected chi connectivity index (χ3v) is 4.05. The van der Waals surface area contributed by atoms with Gasteiger partial charge in [-0.2, -0.15) is 0 Å². The van der Waals surface area contributed by atoms with E-state index >= 15 is 0 Å². The molecule has 8 heteroatoms. The predicted molar refractivity (Wildman–Crippen MR) is 80.5 cm³/mol. The maximum atomic E-state index is 11.5. The van der Waals surface area contributed by atoms with E-state index < -0.39 is 48.3 Å². The Labute approximate surface area is 140 Å². The first kappa shape index (κ1) is 19.9. The Morgan fingerprint density at radius 3 is 0.917 bits per heavy atom. The van der Waals surface area contributed by atoms with Gasteiger partial charge in [-0.1, -0.05) is 13.8 Å². The number of ether oxygens (including phenoxy) is 4. The maximum Gasteiger partial charge on any atom is 0.303 e. The second kappa shape index (κ2) is 8.12. The first-order valence-corrected chi connectivity index (χ1v) is 7.73. The highest BCUT2D eigenvalue weighted by molar-refractivity contribution is 5.69.